The molecule has 362 valence electrons. The SMILES string of the molecule is CC/C=C\C/C=C\C/C=C\CCCCCCCC(=O)O[C@H](COC(=O)CC/C=C\C/C=C\C/C=C\C/C=C/C=C/C(O)C/C=C\CC)COP(=O)(O)OC1[C@H](O)[C@H](O)C(O)[C@H](O)[C@H]1O. The molecule has 0 aromatic rings. The van der Waals surface area contributed by atoms with Crippen molar-refractivity contribution in [3.63, 3.8) is 0 Å². The van der Waals surface area contributed by atoms with Crippen molar-refractivity contribution in [3.8, 4) is 0 Å². The smallest absolute Gasteiger partial charge is 0.462 e. The van der Waals surface area contributed by atoms with Crippen LogP contribution in [0, 0.1) is 0 Å². The lowest BCUT2D eigenvalue weighted by atomic mass is 9.85. The van der Waals surface area contributed by atoms with Crippen molar-refractivity contribution >= 4 is 19.8 Å². The zero-order valence-electron chi connectivity index (χ0n) is 37.9. The fourth-order valence-corrected chi connectivity index (χ4v) is 7.03. The van der Waals surface area contributed by atoms with Crippen LogP contribution < -0.4 is 0 Å². The highest BCUT2D eigenvalue weighted by Crippen LogP contribution is 2.47. The first kappa shape index (κ1) is 58.5. The Labute approximate surface area is 381 Å². The molecule has 9 atom stereocenters. The number of hydrogen-bond donors (Lipinski definition) is 7. The summed E-state index contributed by atoms with van der Waals surface area (Å²) in [5.74, 6) is -1.25. The number of aliphatic hydroxyl groups is 6. The standard InChI is InChI=1S/C49H77O14P/c1-3-5-7-8-9-10-11-12-13-16-20-23-26-29-33-37-43(52)62-41(39-61-64(58,59)63-49-47(56)45(54)44(53)46(55)48(49)57)38-60-42(51)36-32-28-25-22-19-17-14-15-18-21-24-27-31-35-40(50)34-30-6-4-2/h5-7,9-10,12-13,15,17-19,24-25,27-28,30-31,35,40-41,44-50,53-57H,3-4,8,11,14,16,20-23,26,29,32-34,36-39H2,1-2H3,(H,58,59)/b7-5-,10-9-,13-12-,18-15-,19-17-,27-24+,28-25-,30-6-,35-31+/t40?,41-,44?,45-,46+,47-,48-,49?/m1/s1. The van der Waals surface area contributed by atoms with Crippen molar-refractivity contribution in [2.45, 2.75) is 172 Å². The summed E-state index contributed by atoms with van der Waals surface area (Å²) in [6, 6.07) is 0. The highest BCUT2D eigenvalue weighted by atomic mass is 31.2. The first-order valence-electron chi connectivity index (χ1n) is 22.8. The molecule has 0 saturated heterocycles. The molecule has 1 fully saturated rings. The average Bonchev–Trinajstić information content (AvgIpc) is 3.27. The molecule has 0 aliphatic heterocycles. The van der Waals surface area contributed by atoms with Gasteiger partial charge in [-0.15, -0.1) is 0 Å². The van der Waals surface area contributed by atoms with Gasteiger partial charge in [0.15, 0.2) is 6.10 Å². The summed E-state index contributed by atoms with van der Waals surface area (Å²) in [5.41, 5.74) is 0. The monoisotopic (exact) mass is 921 g/mol. The van der Waals surface area contributed by atoms with E-state index in [-0.39, 0.29) is 12.8 Å². The molecule has 1 aliphatic carbocycles. The van der Waals surface area contributed by atoms with Gasteiger partial charge in [-0.3, -0.25) is 18.6 Å². The van der Waals surface area contributed by atoms with E-state index in [2.05, 4.69) is 62.5 Å². The van der Waals surface area contributed by atoms with Gasteiger partial charge in [0.2, 0.25) is 0 Å². The van der Waals surface area contributed by atoms with Gasteiger partial charge in [-0.2, -0.15) is 0 Å². The molecular weight excluding hydrogens is 843 g/mol. The Morgan fingerprint density at radius 2 is 1.06 bits per heavy atom. The molecule has 0 radical (unpaired) electrons. The molecule has 7 N–H and O–H groups in total. The number of phosphoric acid groups is 1. The maximum Gasteiger partial charge on any atom is 0.472 e. The Bertz CT molecular complexity index is 1550. The zero-order chi connectivity index (χ0) is 47.3. The van der Waals surface area contributed by atoms with Gasteiger partial charge >= 0.3 is 19.8 Å². The van der Waals surface area contributed by atoms with E-state index in [1.165, 1.54) is 0 Å². The summed E-state index contributed by atoms with van der Waals surface area (Å²) in [6.45, 7) is 2.88. The van der Waals surface area contributed by atoms with Gasteiger partial charge in [0.25, 0.3) is 0 Å². The molecule has 0 bridgehead atoms. The van der Waals surface area contributed by atoms with E-state index in [0.29, 0.717) is 25.7 Å². The van der Waals surface area contributed by atoms with Crippen molar-refractivity contribution in [1.29, 1.82) is 0 Å². The summed E-state index contributed by atoms with van der Waals surface area (Å²) in [4.78, 5) is 35.7. The number of phosphoric ester groups is 1. The average molecular weight is 921 g/mol. The summed E-state index contributed by atoms with van der Waals surface area (Å²) in [6.07, 6.45) is 34.8. The Kier molecular flexibility index (Phi) is 34.4. The summed E-state index contributed by atoms with van der Waals surface area (Å²) in [5, 5.41) is 60.0. The number of esters is 2. The molecule has 64 heavy (non-hydrogen) atoms. The summed E-state index contributed by atoms with van der Waals surface area (Å²) in [7, 11) is -5.16. The number of hydrogen-bond acceptors (Lipinski definition) is 13. The highest BCUT2D eigenvalue weighted by molar-refractivity contribution is 7.47. The second kappa shape index (κ2) is 37.7. The number of unbranched alkanes of at least 4 members (excludes halogenated alkanes) is 5. The molecule has 1 aliphatic rings. The van der Waals surface area contributed by atoms with Crippen LogP contribution in [0.4, 0.5) is 0 Å². The number of aliphatic hydroxyl groups excluding tert-OH is 6. The van der Waals surface area contributed by atoms with E-state index in [4.69, 9.17) is 18.5 Å². The maximum atomic E-state index is 12.8. The van der Waals surface area contributed by atoms with E-state index in [0.717, 1.165) is 70.6 Å². The number of allylic oxidation sites excluding steroid dienone is 16. The van der Waals surface area contributed by atoms with E-state index in [9.17, 15) is 49.7 Å². The van der Waals surface area contributed by atoms with Crippen molar-refractivity contribution in [1.82, 2.24) is 0 Å². The van der Waals surface area contributed by atoms with Crippen LogP contribution in [-0.4, -0.2) is 110 Å². The highest BCUT2D eigenvalue weighted by Gasteiger charge is 2.51. The molecule has 1 rings (SSSR count). The van der Waals surface area contributed by atoms with Crippen LogP contribution in [0.15, 0.2) is 109 Å². The van der Waals surface area contributed by atoms with Crippen LogP contribution >= 0.6 is 7.82 Å². The first-order chi connectivity index (χ1) is 30.8. The van der Waals surface area contributed by atoms with E-state index in [1.54, 1.807) is 6.08 Å². The number of ether oxygens (including phenoxy) is 2. The fourth-order valence-electron chi connectivity index (χ4n) is 6.06. The van der Waals surface area contributed by atoms with Gasteiger partial charge in [0.1, 0.15) is 43.2 Å². The van der Waals surface area contributed by atoms with E-state index >= 15 is 0 Å². The predicted octanol–water partition coefficient (Wildman–Crippen LogP) is 7.80. The summed E-state index contributed by atoms with van der Waals surface area (Å²) >= 11 is 0. The van der Waals surface area contributed by atoms with Gasteiger partial charge < -0.3 is 45.0 Å². The molecule has 0 spiro atoms. The maximum absolute atomic E-state index is 12.8. The van der Waals surface area contributed by atoms with Gasteiger partial charge in [-0.05, 0) is 77.0 Å². The van der Waals surface area contributed by atoms with Crippen LogP contribution in [0.5, 0.6) is 0 Å². The van der Waals surface area contributed by atoms with Gasteiger partial charge in [-0.25, -0.2) is 4.57 Å². The topological polar surface area (TPSA) is 230 Å². The molecule has 0 aromatic heterocycles. The Hall–Kier alpha value is -3.53. The third-order valence-corrected chi connectivity index (χ3v) is 10.7. The van der Waals surface area contributed by atoms with Crippen LogP contribution in [0.2, 0.25) is 0 Å². The first-order valence-corrected chi connectivity index (χ1v) is 24.3. The lowest BCUT2D eigenvalue weighted by Crippen LogP contribution is -2.64. The van der Waals surface area contributed by atoms with Crippen LogP contribution in [0.25, 0.3) is 0 Å². The van der Waals surface area contributed by atoms with E-state index < -0.39 is 81.8 Å². The predicted molar refractivity (Wildman–Crippen MR) is 250 cm³/mol. The zero-order valence-corrected chi connectivity index (χ0v) is 38.8. The molecule has 15 heteroatoms. The third kappa shape index (κ3) is 29.8. The lowest BCUT2D eigenvalue weighted by Gasteiger charge is -2.41. The molecule has 0 aromatic carbocycles. The molecule has 4 unspecified atom stereocenters. The molecule has 0 heterocycles. The van der Waals surface area contributed by atoms with Crippen molar-refractivity contribution < 1.29 is 68.2 Å². The Balaban J connectivity index is 2.55. The second-order valence-corrected chi connectivity index (χ2v) is 16.7. The minimum atomic E-state index is -5.16. The molecular formula is C49H77O14P. The fraction of sp³-hybridized carbons (Fsp3) is 0.592. The van der Waals surface area contributed by atoms with Crippen LogP contribution in [0.3, 0.4) is 0 Å². The normalized spacial score (nSPS) is 23.1. The third-order valence-electron chi connectivity index (χ3n) is 9.70. The molecule has 14 nitrogen and oxygen atoms in total. The number of carbonyl (C=O) groups excluding carboxylic acids is 2. The van der Waals surface area contributed by atoms with Gasteiger partial charge in [0.05, 0.1) is 12.7 Å². The van der Waals surface area contributed by atoms with Crippen molar-refractivity contribution in [3.05, 3.63) is 109 Å². The quantitative estimate of drug-likeness (QED) is 0.0106. The van der Waals surface area contributed by atoms with Crippen LogP contribution in [0.1, 0.15) is 123 Å². The molecule has 1 saturated carbocycles. The van der Waals surface area contributed by atoms with Crippen LogP contribution in [-0.2, 0) is 32.7 Å². The van der Waals surface area contributed by atoms with Gasteiger partial charge in [-0.1, -0.05) is 142 Å². The molecule has 0 amide bonds. The second-order valence-electron chi connectivity index (χ2n) is 15.3. The number of rotatable bonds is 35. The van der Waals surface area contributed by atoms with Gasteiger partial charge in [0, 0.05) is 12.8 Å². The minimum absolute atomic E-state index is 0.0153. The summed E-state index contributed by atoms with van der Waals surface area (Å²) < 4.78 is 33.4. The Morgan fingerprint density at radius 3 is 1.67 bits per heavy atom. The Morgan fingerprint density at radius 1 is 0.562 bits per heavy atom. The largest absolute Gasteiger partial charge is 0.472 e. The van der Waals surface area contributed by atoms with Crippen molar-refractivity contribution in [2.75, 3.05) is 13.2 Å². The lowest BCUT2D eigenvalue weighted by molar-refractivity contribution is -0.220. The number of carbonyl (C=O) groups is 2. The van der Waals surface area contributed by atoms with E-state index in [1.807, 2.05) is 54.7 Å². The minimum Gasteiger partial charge on any atom is -0.462 e. The van der Waals surface area contributed by atoms with Crippen molar-refractivity contribution in [2.24, 2.45) is 0 Å².